The molecule has 1 heterocycles. The summed E-state index contributed by atoms with van der Waals surface area (Å²) in [6, 6.07) is 0. The van der Waals surface area contributed by atoms with Crippen LogP contribution in [0.1, 0.15) is 59.3 Å². The van der Waals surface area contributed by atoms with Crippen molar-refractivity contribution >= 4 is 22.2 Å². The van der Waals surface area contributed by atoms with Crippen molar-refractivity contribution in [2.75, 3.05) is 11.9 Å². The van der Waals surface area contributed by atoms with Crippen LogP contribution >= 0.6 is 11.3 Å². The average molecular weight is 278 g/mol. The van der Waals surface area contributed by atoms with Gasteiger partial charge in [-0.05, 0) is 37.2 Å². The SMILES string of the molecule is NC(=O)c1c(NCCC2CCCC2)sc2c1CCC2. The van der Waals surface area contributed by atoms with Gasteiger partial charge in [0.15, 0.2) is 0 Å². The standard InChI is InChI=1S/C15H22N2OS/c16-14(18)13-11-6-3-7-12(11)19-15(13)17-9-8-10-4-1-2-5-10/h10,17H,1-9H2,(H2,16,18). The maximum absolute atomic E-state index is 11.7. The van der Waals surface area contributed by atoms with E-state index in [2.05, 4.69) is 5.32 Å². The third-order valence-electron chi connectivity index (χ3n) is 4.48. The molecule has 2 aliphatic rings. The summed E-state index contributed by atoms with van der Waals surface area (Å²) in [5.74, 6) is 0.624. The van der Waals surface area contributed by atoms with Gasteiger partial charge >= 0.3 is 0 Å². The molecule has 19 heavy (non-hydrogen) atoms. The molecule has 2 aliphatic carbocycles. The van der Waals surface area contributed by atoms with Crippen LogP contribution in [0.3, 0.4) is 0 Å². The molecule has 0 aromatic carbocycles. The van der Waals surface area contributed by atoms with Gasteiger partial charge in [0.05, 0.1) is 5.56 Å². The second kappa shape index (κ2) is 5.53. The van der Waals surface area contributed by atoms with Crippen LogP contribution in [0.15, 0.2) is 0 Å². The third-order valence-corrected chi connectivity index (χ3v) is 5.73. The van der Waals surface area contributed by atoms with Crippen LogP contribution in [0.4, 0.5) is 5.00 Å². The van der Waals surface area contributed by atoms with E-state index in [-0.39, 0.29) is 5.91 Å². The first kappa shape index (κ1) is 13.0. The molecule has 104 valence electrons. The number of thiophene rings is 1. The normalized spacial score (nSPS) is 18.7. The first-order valence-electron chi connectivity index (χ1n) is 7.44. The summed E-state index contributed by atoms with van der Waals surface area (Å²) >= 11 is 1.75. The van der Waals surface area contributed by atoms with E-state index >= 15 is 0 Å². The minimum Gasteiger partial charge on any atom is -0.376 e. The van der Waals surface area contributed by atoms with Gasteiger partial charge < -0.3 is 11.1 Å². The second-order valence-corrected chi connectivity index (χ2v) is 6.90. The number of fused-ring (bicyclic) bond motifs is 1. The Kier molecular flexibility index (Phi) is 3.78. The first-order chi connectivity index (χ1) is 9.25. The molecule has 4 heteroatoms. The van der Waals surface area contributed by atoms with E-state index in [0.29, 0.717) is 0 Å². The van der Waals surface area contributed by atoms with Crippen molar-refractivity contribution in [3.8, 4) is 0 Å². The van der Waals surface area contributed by atoms with Gasteiger partial charge in [0, 0.05) is 11.4 Å². The molecule has 1 amide bonds. The quantitative estimate of drug-likeness (QED) is 0.868. The van der Waals surface area contributed by atoms with Gasteiger partial charge in [0.1, 0.15) is 5.00 Å². The molecule has 0 bridgehead atoms. The van der Waals surface area contributed by atoms with E-state index in [9.17, 15) is 4.79 Å². The maximum Gasteiger partial charge on any atom is 0.251 e. The van der Waals surface area contributed by atoms with Gasteiger partial charge in [-0.1, -0.05) is 25.7 Å². The predicted molar refractivity (Wildman–Crippen MR) is 79.9 cm³/mol. The number of amides is 1. The van der Waals surface area contributed by atoms with Crippen LogP contribution in [0.25, 0.3) is 0 Å². The Morgan fingerprint density at radius 1 is 1.26 bits per heavy atom. The van der Waals surface area contributed by atoms with E-state index in [4.69, 9.17) is 5.73 Å². The van der Waals surface area contributed by atoms with Crippen LogP contribution in [0, 0.1) is 5.92 Å². The molecule has 1 fully saturated rings. The molecule has 3 nitrogen and oxygen atoms in total. The molecule has 0 aliphatic heterocycles. The monoisotopic (exact) mass is 278 g/mol. The fraction of sp³-hybridized carbons (Fsp3) is 0.667. The zero-order chi connectivity index (χ0) is 13.2. The van der Waals surface area contributed by atoms with Gasteiger partial charge in [-0.2, -0.15) is 0 Å². The first-order valence-corrected chi connectivity index (χ1v) is 8.25. The zero-order valence-corrected chi connectivity index (χ0v) is 12.2. The molecule has 0 radical (unpaired) electrons. The number of nitrogens with one attached hydrogen (secondary N) is 1. The fourth-order valence-electron chi connectivity index (χ4n) is 3.48. The Hall–Kier alpha value is -1.03. The molecule has 0 spiro atoms. The third kappa shape index (κ3) is 2.64. The summed E-state index contributed by atoms with van der Waals surface area (Å²) in [6.45, 7) is 0.977. The van der Waals surface area contributed by atoms with Gasteiger partial charge in [-0.15, -0.1) is 11.3 Å². The molecule has 3 rings (SSSR count). The van der Waals surface area contributed by atoms with Gasteiger partial charge in [0.25, 0.3) is 5.91 Å². The molecule has 3 N–H and O–H groups in total. The Labute approximate surface area is 118 Å². The Morgan fingerprint density at radius 2 is 2.05 bits per heavy atom. The number of hydrogen-bond acceptors (Lipinski definition) is 3. The Bertz CT molecular complexity index is 475. The van der Waals surface area contributed by atoms with Crippen LogP contribution in [-0.2, 0) is 12.8 Å². The highest BCUT2D eigenvalue weighted by atomic mass is 32.1. The minimum absolute atomic E-state index is 0.261. The van der Waals surface area contributed by atoms with E-state index in [1.165, 1.54) is 49.0 Å². The number of carbonyl (C=O) groups excluding carboxylic acids is 1. The number of anilines is 1. The molecule has 1 saturated carbocycles. The summed E-state index contributed by atoms with van der Waals surface area (Å²) < 4.78 is 0. The highest BCUT2D eigenvalue weighted by Crippen LogP contribution is 2.39. The zero-order valence-electron chi connectivity index (χ0n) is 11.3. The Morgan fingerprint density at radius 3 is 2.79 bits per heavy atom. The molecule has 0 saturated heterocycles. The van der Waals surface area contributed by atoms with Gasteiger partial charge in [-0.25, -0.2) is 0 Å². The van der Waals surface area contributed by atoms with Crippen molar-refractivity contribution in [2.24, 2.45) is 11.7 Å². The van der Waals surface area contributed by atoms with Crippen molar-refractivity contribution in [3.05, 3.63) is 16.0 Å². The molecule has 0 atom stereocenters. The molecule has 1 aromatic heterocycles. The summed E-state index contributed by atoms with van der Waals surface area (Å²) in [5, 5.41) is 4.49. The van der Waals surface area contributed by atoms with Crippen LogP contribution in [0.2, 0.25) is 0 Å². The molecule has 1 aromatic rings. The lowest BCUT2D eigenvalue weighted by Crippen LogP contribution is -2.15. The number of primary amides is 1. The van der Waals surface area contributed by atoms with E-state index < -0.39 is 0 Å². The largest absolute Gasteiger partial charge is 0.376 e. The van der Waals surface area contributed by atoms with Gasteiger partial charge in [0.2, 0.25) is 0 Å². The highest BCUT2D eigenvalue weighted by Gasteiger charge is 2.25. The maximum atomic E-state index is 11.7. The van der Waals surface area contributed by atoms with Crippen LogP contribution < -0.4 is 11.1 Å². The molecule has 0 unspecified atom stereocenters. The number of aryl methyl sites for hydroxylation is 1. The Balaban J connectivity index is 1.65. The van der Waals surface area contributed by atoms with Crippen molar-refractivity contribution < 1.29 is 4.79 Å². The summed E-state index contributed by atoms with van der Waals surface area (Å²) in [6.07, 6.45) is 10.1. The number of nitrogens with two attached hydrogens (primary N) is 1. The number of hydrogen-bond donors (Lipinski definition) is 2. The lowest BCUT2D eigenvalue weighted by molar-refractivity contribution is 0.100. The number of rotatable bonds is 5. The fourth-order valence-corrected chi connectivity index (χ4v) is 4.80. The summed E-state index contributed by atoms with van der Waals surface area (Å²) in [7, 11) is 0. The lowest BCUT2D eigenvalue weighted by atomic mass is 10.0. The van der Waals surface area contributed by atoms with Crippen molar-refractivity contribution in [1.29, 1.82) is 0 Å². The topological polar surface area (TPSA) is 55.1 Å². The minimum atomic E-state index is -0.261. The lowest BCUT2D eigenvalue weighted by Gasteiger charge is -2.10. The average Bonchev–Trinajstić information content (AvgIpc) is 3.02. The number of carbonyl (C=O) groups is 1. The van der Waals surface area contributed by atoms with E-state index in [1.54, 1.807) is 11.3 Å². The van der Waals surface area contributed by atoms with Crippen LogP contribution in [0.5, 0.6) is 0 Å². The van der Waals surface area contributed by atoms with Crippen molar-refractivity contribution in [2.45, 2.75) is 51.4 Å². The smallest absolute Gasteiger partial charge is 0.251 e. The molecular weight excluding hydrogens is 256 g/mol. The summed E-state index contributed by atoms with van der Waals surface area (Å²) in [5.41, 5.74) is 7.56. The second-order valence-electron chi connectivity index (χ2n) is 5.79. The van der Waals surface area contributed by atoms with Gasteiger partial charge in [-0.3, -0.25) is 4.79 Å². The highest BCUT2D eigenvalue weighted by molar-refractivity contribution is 7.16. The predicted octanol–water partition coefficient (Wildman–Crippen LogP) is 3.33. The van der Waals surface area contributed by atoms with Crippen molar-refractivity contribution in [1.82, 2.24) is 0 Å². The van der Waals surface area contributed by atoms with E-state index in [1.807, 2.05) is 0 Å². The van der Waals surface area contributed by atoms with Crippen molar-refractivity contribution in [3.63, 3.8) is 0 Å². The molecular formula is C15H22N2OS. The van der Waals surface area contributed by atoms with E-state index in [0.717, 1.165) is 35.9 Å². The van der Waals surface area contributed by atoms with Crippen LogP contribution in [-0.4, -0.2) is 12.5 Å². The summed E-state index contributed by atoms with van der Waals surface area (Å²) in [4.78, 5) is 13.0.